The molecule has 0 aliphatic carbocycles. The molecule has 0 atom stereocenters. The van der Waals surface area contributed by atoms with Gasteiger partial charge in [-0.15, -0.1) is 0 Å². The molecule has 2 aliphatic heterocycles. The van der Waals surface area contributed by atoms with Crippen molar-refractivity contribution in [3.63, 3.8) is 0 Å². The van der Waals surface area contributed by atoms with Gasteiger partial charge in [-0.05, 0) is 39.5 Å². The number of hydrogen-bond acceptors (Lipinski definition) is 3. The molecule has 2 fully saturated rings. The zero-order valence-corrected chi connectivity index (χ0v) is 10.5. The Kier molecular flexibility index (Phi) is 6.98. The summed E-state index contributed by atoms with van der Waals surface area (Å²) in [6.45, 7) is 10.9. The molecule has 0 aromatic rings. The largest absolute Gasteiger partial charge is 0.314 e. The lowest BCUT2D eigenvalue weighted by atomic mass is 10.1. The van der Waals surface area contributed by atoms with Gasteiger partial charge in [-0.3, -0.25) is 0 Å². The standard InChI is InChI=1S/C7H15N.C5H12N2.H2/c1-2-8-6-4-3-5-7-8;1-7-4-2-6-3-5-7;/h2-7H2,1H3;6H,2-5H2,1H3;1H. The van der Waals surface area contributed by atoms with Gasteiger partial charge >= 0.3 is 0 Å². The van der Waals surface area contributed by atoms with E-state index in [-0.39, 0.29) is 1.43 Å². The van der Waals surface area contributed by atoms with Gasteiger partial charge in [0.2, 0.25) is 0 Å². The predicted molar refractivity (Wildman–Crippen MR) is 68.4 cm³/mol. The quantitative estimate of drug-likeness (QED) is 0.710. The predicted octanol–water partition coefficient (Wildman–Crippen LogP) is 1.26. The first-order valence-electron chi connectivity index (χ1n) is 6.44. The molecule has 0 aromatic heterocycles. The Balaban J connectivity index is 0.000000267. The molecule has 92 valence electrons. The topological polar surface area (TPSA) is 18.5 Å². The number of nitrogens with zero attached hydrogens (tertiary/aromatic N) is 2. The van der Waals surface area contributed by atoms with Gasteiger partial charge in [0.15, 0.2) is 0 Å². The van der Waals surface area contributed by atoms with E-state index < -0.39 is 0 Å². The monoisotopic (exact) mass is 215 g/mol. The van der Waals surface area contributed by atoms with Gasteiger partial charge < -0.3 is 15.1 Å². The minimum Gasteiger partial charge on any atom is -0.314 e. The lowest BCUT2D eigenvalue weighted by Crippen LogP contribution is -2.40. The van der Waals surface area contributed by atoms with Gasteiger partial charge in [-0.25, -0.2) is 0 Å². The van der Waals surface area contributed by atoms with E-state index in [2.05, 4.69) is 29.1 Å². The second-order valence-electron chi connectivity index (χ2n) is 4.55. The van der Waals surface area contributed by atoms with E-state index in [1.165, 1.54) is 52.0 Å². The third kappa shape index (κ3) is 6.13. The van der Waals surface area contributed by atoms with Crippen LogP contribution < -0.4 is 5.32 Å². The first-order valence-corrected chi connectivity index (χ1v) is 6.44. The Hall–Kier alpha value is -0.120. The normalized spacial score (nSPS) is 24.4. The van der Waals surface area contributed by atoms with Gasteiger partial charge in [0.05, 0.1) is 0 Å². The Labute approximate surface area is 96.3 Å². The third-order valence-corrected chi connectivity index (χ3v) is 3.24. The number of piperazine rings is 1. The van der Waals surface area contributed by atoms with Crippen molar-refractivity contribution in [2.24, 2.45) is 0 Å². The van der Waals surface area contributed by atoms with Crippen LogP contribution in [0.25, 0.3) is 0 Å². The Morgan fingerprint density at radius 1 is 1.00 bits per heavy atom. The SMILES string of the molecule is CCN1CCCCC1.CN1CCNCC1.[HH]. The Morgan fingerprint density at radius 2 is 1.60 bits per heavy atom. The molecule has 0 saturated carbocycles. The smallest absolute Gasteiger partial charge is 0.0104 e. The number of piperidine rings is 1. The van der Waals surface area contributed by atoms with E-state index in [0.29, 0.717) is 0 Å². The van der Waals surface area contributed by atoms with Crippen molar-refractivity contribution in [2.75, 3.05) is 52.9 Å². The molecule has 1 N–H and O–H groups in total. The summed E-state index contributed by atoms with van der Waals surface area (Å²) in [6, 6.07) is 0. The lowest BCUT2D eigenvalue weighted by molar-refractivity contribution is 0.240. The van der Waals surface area contributed by atoms with Gasteiger partial charge in [0.1, 0.15) is 0 Å². The minimum atomic E-state index is 0. The molecule has 0 spiro atoms. The van der Waals surface area contributed by atoms with E-state index in [1.54, 1.807) is 0 Å². The molecule has 0 bridgehead atoms. The van der Waals surface area contributed by atoms with Crippen molar-refractivity contribution in [1.29, 1.82) is 0 Å². The Bertz CT molecular complexity index is 143. The molecule has 0 radical (unpaired) electrons. The van der Waals surface area contributed by atoms with E-state index in [4.69, 9.17) is 0 Å². The van der Waals surface area contributed by atoms with Gasteiger partial charge in [0, 0.05) is 27.6 Å². The van der Waals surface area contributed by atoms with Crippen LogP contribution >= 0.6 is 0 Å². The second kappa shape index (κ2) is 8.08. The molecule has 2 rings (SSSR count). The van der Waals surface area contributed by atoms with Crippen LogP contribution in [0.2, 0.25) is 0 Å². The van der Waals surface area contributed by atoms with Crippen LogP contribution in [-0.4, -0.2) is 62.7 Å². The van der Waals surface area contributed by atoms with Crippen LogP contribution in [0.5, 0.6) is 0 Å². The number of nitrogens with one attached hydrogen (secondary N) is 1. The van der Waals surface area contributed by atoms with Gasteiger partial charge in [0.25, 0.3) is 0 Å². The van der Waals surface area contributed by atoms with Crippen molar-refractivity contribution in [2.45, 2.75) is 26.2 Å². The van der Waals surface area contributed by atoms with E-state index in [0.717, 1.165) is 13.1 Å². The molecule has 0 aromatic carbocycles. The van der Waals surface area contributed by atoms with Crippen molar-refractivity contribution < 1.29 is 1.43 Å². The zero-order valence-electron chi connectivity index (χ0n) is 10.5. The van der Waals surface area contributed by atoms with Crippen molar-refractivity contribution in [3.8, 4) is 0 Å². The van der Waals surface area contributed by atoms with Crippen LogP contribution in [0, 0.1) is 0 Å². The number of likely N-dealkylation sites (tertiary alicyclic amines) is 1. The van der Waals surface area contributed by atoms with E-state index in [9.17, 15) is 0 Å². The minimum absolute atomic E-state index is 0. The van der Waals surface area contributed by atoms with Crippen LogP contribution in [0.1, 0.15) is 27.6 Å². The van der Waals surface area contributed by atoms with Crippen molar-refractivity contribution >= 4 is 0 Å². The molecule has 15 heavy (non-hydrogen) atoms. The van der Waals surface area contributed by atoms with Crippen LogP contribution in [-0.2, 0) is 0 Å². The maximum atomic E-state index is 3.27. The third-order valence-electron chi connectivity index (χ3n) is 3.24. The molecule has 0 amide bonds. The fraction of sp³-hybridized carbons (Fsp3) is 1.00. The molecule has 0 unspecified atom stereocenters. The molecular formula is C12H29N3. The summed E-state index contributed by atoms with van der Waals surface area (Å²) in [7, 11) is 2.15. The maximum Gasteiger partial charge on any atom is 0.0104 e. The van der Waals surface area contributed by atoms with Crippen molar-refractivity contribution in [3.05, 3.63) is 0 Å². The summed E-state index contributed by atoms with van der Waals surface area (Å²) in [4.78, 5) is 4.85. The van der Waals surface area contributed by atoms with Crippen LogP contribution in [0.4, 0.5) is 0 Å². The fourth-order valence-corrected chi connectivity index (χ4v) is 2.05. The lowest BCUT2D eigenvalue weighted by Gasteiger charge is -2.24. The van der Waals surface area contributed by atoms with E-state index >= 15 is 0 Å². The zero-order chi connectivity index (χ0) is 10.9. The number of likely N-dealkylation sites (N-methyl/N-ethyl adjacent to an activating group) is 1. The van der Waals surface area contributed by atoms with Gasteiger partial charge in [-0.1, -0.05) is 13.3 Å². The first-order chi connectivity index (χ1) is 7.33. The highest BCUT2D eigenvalue weighted by Crippen LogP contribution is 2.06. The van der Waals surface area contributed by atoms with Crippen LogP contribution in [0.15, 0.2) is 0 Å². The summed E-state index contributed by atoms with van der Waals surface area (Å²) >= 11 is 0. The van der Waals surface area contributed by atoms with E-state index in [1.807, 2.05) is 0 Å². The average molecular weight is 215 g/mol. The maximum absolute atomic E-state index is 3.27. The molecule has 2 aliphatic rings. The summed E-state index contributed by atoms with van der Waals surface area (Å²) < 4.78 is 0. The summed E-state index contributed by atoms with van der Waals surface area (Å²) in [5.41, 5.74) is 0. The summed E-state index contributed by atoms with van der Waals surface area (Å²) in [5.74, 6) is 0. The summed E-state index contributed by atoms with van der Waals surface area (Å²) in [5, 5.41) is 3.27. The molecule has 2 heterocycles. The highest BCUT2D eigenvalue weighted by atomic mass is 15.2. The Morgan fingerprint density at radius 3 is 1.93 bits per heavy atom. The molecule has 3 heteroatoms. The first kappa shape index (κ1) is 12.9. The fourth-order valence-electron chi connectivity index (χ4n) is 2.05. The molecular weight excluding hydrogens is 186 g/mol. The number of rotatable bonds is 1. The van der Waals surface area contributed by atoms with Gasteiger partial charge in [-0.2, -0.15) is 0 Å². The second-order valence-corrected chi connectivity index (χ2v) is 4.55. The number of hydrogen-bond donors (Lipinski definition) is 1. The molecule has 2 saturated heterocycles. The highest BCUT2D eigenvalue weighted by Gasteiger charge is 2.05. The highest BCUT2D eigenvalue weighted by molar-refractivity contribution is 4.62. The van der Waals surface area contributed by atoms with Crippen molar-refractivity contribution in [1.82, 2.24) is 15.1 Å². The molecule has 3 nitrogen and oxygen atoms in total. The van der Waals surface area contributed by atoms with Crippen LogP contribution in [0.3, 0.4) is 0 Å². The summed E-state index contributed by atoms with van der Waals surface area (Å²) in [6.07, 6.45) is 4.30. The average Bonchev–Trinajstić information content (AvgIpc) is 2.32.